The van der Waals surface area contributed by atoms with Crippen LogP contribution in [0, 0.1) is 0 Å². The van der Waals surface area contributed by atoms with E-state index < -0.39 is 78.5 Å². The van der Waals surface area contributed by atoms with Crippen LogP contribution < -0.4 is 5.32 Å². The number of unbranched alkanes of at least 4 members (excludes halogenated alkanes) is 12. The topological polar surface area (TPSA) is 212 Å². The number of carbonyl (C=O) groups is 1. The van der Waals surface area contributed by atoms with Crippen LogP contribution in [0.5, 0.6) is 0 Å². The number of nitrogens with one attached hydrogen (secondary N) is 1. The molecule has 1 amide bonds. The van der Waals surface area contributed by atoms with E-state index in [0.29, 0.717) is 12.8 Å². The molecule has 0 bridgehead atoms. The van der Waals surface area contributed by atoms with E-state index in [4.69, 9.17) is 14.0 Å². The van der Waals surface area contributed by atoms with Crippen molar-refractivity contribution in [3.05, 3.63) is 36.5 Å². The second kappa shape index (κ2) is 27.9. The second-order valence-electron chi connectivity index (χ2n) is 12.9. The molecule has 8 unspecified atom stereocenters. The van der Waals surface area contributed by atoms with Gasteiger partial charge in [-0.05, 0) is 51.4 Å². The lowest BCUT2D eigenvalue weighted by Crippen LogP contribution is -2.61. The number of aliphatic hydroxyl groups excluding tert-OH is 5. The van der Waals surface area contributed by atoms with Crippen LogP contribution in [0.15, 0.2) is 36.5 Å². The Morgan fingerprint density at radius 3 is 1.96 bits per heavy atom. The van der Waals surface area contributed by atoms with Crippen LogP contribution in [0.1, 0.15) is 123 Å². The molecule has 0 aliphatic carbocycles. The van der Waals surface area contributed by atoms with Crippen LogP contribution in [0.3, 0.4) is 0 Å². The van der Waals surface area contributed by atoms with E-state index in [0.717, 1.165) is 70.6 Å². The Bertz CT molecular complexity index is 1070. The summed E-state index contributed by atoms with van der Waals surface area (Å²) >= 11 is 0. The Kier molecular flexibility index (Phi) is 25.8. The first-order valence-corrected chi connectivity index (χ1v) is 19.8. The van der Waals surface area contributed by atoms with Crippen molar-refractivity contribution in [1.29, 1.82) is 0 Å². The zero-order chi connectivity index (χ0) is 37.2. The van der Waals surface area contributed by atoms with Crippen LogP contribution in [0.25, 0.3) is 0 Å². The van der Waals surface area contributed by atoms with E-state index in [-0.39, 0.29) is 6.42 Å². The third-order valence-corrected chi connectivity index (χ3v) is 8.99. The molecule has 0 radical (unpaired) electrons. The van der Waals surface area contributed by atoms with Crippen molar-refractivity contribution in [2.45, 2.75) is 172 Å². The molecule has 1 rings (SSSR count). The monoisotopic (exact) mass is 735 g/mol. The maximum atomic E-state index is 12.9. The third kappa shape index (κ3) is 21.0. The van der Waals surface area contributed by atoms with E-state index in [2.05, 4.69) is 47.7 Å². The van der Waals surface area contributed by atoms with Gasteiger partial charge in [0.1, 0.15) is 30.5 Å². The Hall–Kier alpha value is -1.72. The van der Waals surface area contributed by atoms with Crippen LogP contribution in [-0.2, 0) is 28.9 Å². The van der Waals surface area contributed by atoms with Gasteiger partial charge in [0, 0.05) is 0 Å². The van der Waals surface area contributed by atoms with Crippen molar-refractivity contribution < 1.29 is 57.0 Å². The van der Waals surface area contributed by atoms with Crippen molar-refractivity contribution in [3.8, 4) is 0 Å². The van der Waals surface area contributed by atoms with Gasteiger partial charge < -0.3 is 40.3 Å². The molecular weight excluding hydrogens is 670 g/mol. The normalized spacial score (nSPS) is 23.6. The summed E-state index contributed by atoms with van der Waals surface area (Å²) in [7, 11) is -5.11. The first-order valence-electron chi connectivity index (χ1n) is 18.5. The van der Waals surface area contributed by atoms with Crippen LogP contribution in [0.2, 0.25) is 0 Å². The van der Waals surface area contributed by atoms with E-state index in [1.165, 1.54) is 25.3 Å². The van der Waals surface area contributed by atoms with Gasteiger partial charge in [-0.15, -0.1) is 0 Å². The minimum atomic E-state index is -5.11. The summed E-state index contributed by atoms with van der Waals surface area (Å²) in [5.74, 6) is -0.721. The fourth-order valence-corrected chi connectivity index (χ4v) is 6.00. The van der Waals surface area contributed by atoms with Crippen LogP contribution in [0.4, 0.5) is 0 Å². The molecule has 292 valence electrons. The van der Waals surface area contributed by atoms with Crippen molar-refractivity contribution in [2.24, 2.45) is 0 Å². The molecule has 1 aliphatic heterocycles. The predicted octanol–water partition coefficient (Wildman–Crippen LogP) is 4.18. The number of carbonyl (C=O) groups excluding carboxylic acids is 1. The lowest BCUT2D eigenvalue weighted by Gasteiger charge is -2.41. The molecule has 1 heterocycles. The molecule has 8 atom stereocenters. The summed E-state index contributed by atoms with van der Waals surface area (Å²) in [6.07, 6.45) is 17.4. The Morgan fingerprint density at radius 1 is 0.820 bits per heavy atom. The Balaban J connectivity index is 2.58. The van der Waals surface area contributed by atoms with Gasteiger partial charge in [-0.25, -0.2) is 4.18 Å². The predicted molar refractivity (Wildman–Crippen MR) is 191 cm³/mol. The third-order valence-electron chi connectivity index (χ3n) is 8.52. The summed E-state index contributed by atoms with van der Waals surface area (Å²) in [6.45, 7) is 3.00. The van der Waals surface area contributed by atoms with Crippen LogP contribution in [-0.4, -0.2) is 107 Å². The van der Waals surface area contributed by atoms with Gasteiger partial charge in [0.15, 0.2) is 6.29 Å². The smallest absolute Gasteiger partial charge is 0.394 e. The SMILES string of the molecule is CCCCC/C=C\C/C=C\CCCCCCCCC(O)C(=O)NC(COC1OC(CO)C(O)C(OS(=O)(=O)O)C1O)C(O)/C=C/CCCCC. The lowest BCUT2D eigenvalue weighted by atomic mass is 9.99. The quantitative estimate of drug-likeness (QED) is 0.0328. The fourth-order valence-electron chi connectivity index (χ4n) is 5.49. The molecule has 1 saturated heterocycles. The highest BCUT2D eigenvalue weighted by Crippen LogP contribution is 2.26. The Morgan fingerprint density at radius 2 is 1.38 bits per heavy atom. The number of amides is 1. The molecule has 1 fully saturated rings. The molecule has 0 aromatic carbocycles. The number of ether oxygens (including phenoxy) is 2. The highest BCUT2D eigenvalue weighted by molar-refractivity contribution is 7.80. The zero-order valence-electron chi connectivity index (χ0n) is 30.1. The average molecular weight is 736 g/mol. The average Bonchev–Trinajstić information content (AvgIpc) is 3.08. The Labute approximate surface area is 299 Å². The summed E-state index contributed by atoms with van der Waals surface area (Å²) in [5, 5.41) is 54.4. The van der Waals surface area contributed by atoms with Gasteiger partial charge in [-0.2, -0.15) is 8.42 Å². The van der Waals surface area contributed by atoms with Crippen molar-refractivity contribution in [2.75, 3.05) is 13.2 Å². The van der Waals surface area contributed by atoms with Crippen molar-refractivity contribution >= 4 is 16.3 Å². The van der Waals surface area contributed by atoms with Gasteiger partial charge in [-0.1, -0.05) is 108 Å². The summed E-state index contributed by atoms with van der Waals surface area (Å²) in [4.78, 5) is 12.9. The molecule has 0 spiro atoms. The summed E-state index contributed by atoms with van der Waals surface area (Å²) < 4.78 is 47.0. The first kappa shape index (κ1) is 46.3. The van der Waals surface area contributed by atoms with E-state index in [1.54, 1.807) is 6.08 Å². The molecule has 0 aromatic heterocycles. The number of hydrogen-bond acceptors (Lipinski definition) is 11. The van der Waals surface area contributed by atoms with E-state index in [1.807, 2.05) is 0 Å². The molecule has 14 heteroatoms. The standard InChI is InChI=1S/C36H65NO12S/c1-3-5-7-9-10-11-12-13-14-15-16-17-18-19-21-23-25-30(40)35(43)37-28(29(39)24-22-20-8-6-4-2)27-47-36-33(42)34(49-50(44,45)46)32(41)31(26-38)48-36/h10-11,13-14,22,24,28-34,36,38-42H,3-9,12,15-21,23,25-27H2,1-2H3,(H,37,43)(H,44,45,46)/b11-10-,14-13-,24-22+. The van der Waals surface area contributed by atoms with Gasteiger partial charge >= 0.3 is 10.4 Å². The van der Waals surface area contributed by atoms with Gasteiger partial charge in [0.25, 0.3) is 0 Å². The molecular formula is C36H65NO12S. The van der Waals surface area contributed by atoms with Gasteiger partial charge in [0.2, 0.25) is 5.91 Å². The number of rotatable bonds is 29. The van der Waals surface area contributed by atoms with Gasteiger partial charge in [0.05, 0.1) is 25.4 Å². The summed E-state index contributed by atoms with van der Waals surface area (Å²) in [5.41, 5.74) is 0. The molecule has 13 nitrogen and oxygen atoms in total. The zero-order valence-corrected chi connectivity index (χ0v) is 30.9. The van der Waals surface area contributed by atoms with Crippen molar-refractivity contribution in [3.63, 3.8) is 0 Å². The highest BCUT2D eigenvalue weighted by Gasteiger charge is 2.48. The van der Waals surface area contributed by atoms with E-state index >= 15 is 0 Å². The second-order valence-corrected chi connectivity index (χ2v) is 14.0. The molecule has 50 heavy (non-hydrogen) atoms. The summed E-state index contributed by atoms with van der Waals surface area (Å²) in [6, 6.07) is -1.12. The number of hydrogen-bond donors (Lipinski definition) is 7. The number of allylic oxidation sites excluding steroid dienone is 5. The molecule has 0 saturated carbocycles. The number of aliphatic hydroxyl groups is 5. The van der Waals surface area contributed by atoms with Crippen LogP contribution >= 0.6 is 0 Å². The fraction of sp³-hybridized carbons (Fsp3) is 0.806. The minimum absolute atomic E-state index is 0.228. The van der Waals surface area contributed by atoms with Gasteiger partial charge in [-0.3, -0.25) is 9.35 Å². The molecule has 1 aliphatic rings. The van der Waals surface area contributed by atoms with E-state index in [9.17, 15) is 38.7 Å². The molecule has 7 N–H and O–H groups in total. The maximum Gasteiger partial charge on any atom is 0.397 e. The largest absolute Gasteiger partial charge is 0.397 e. The highest BCUT2D eigenvalue weighted by atomic mass is 32.3. The lowest BCUT2D eigenvalue weighted by molar-refractivity contribution is -0.298. The molecule has 0 aromatic rings. The first-order chi connectivity index (χ1) is 23.9. The minimum Gasteiger partial charge on any atom is -0.394 e. The maximum absolute atomic E-state index is 12.9. The van der Waals surface area contributed by atoms with Crippen molar-refractivity contribution in [1.82, 2.24) is 5.32 Å².